The average Bonchev–Trinajstić information content (AvgIpc) is 2.75. The molecule has 13 heteroatoms. The van der Waals surface area contributed by atoms with Crippen molar-refractivity contribution in [3.05, 3.63) is 0 Å². The molecule has 1 aliphatic heterocycles. The Hall–Kier alpha value is -0.880. The van der Waals surface area contributed by atoms with Crippen LogP contribution in [-0.2, 0) is 4.74 Å². The molecule has 28 heavy (non-hydrogen) atoms. The normalized spacial score (nSPS) is 39.4. The molecule has 2 fully saturated rings. The van der Waals surface area contributed by atoms with Crippen LogP contribution >= 0.6 is 0 Å². The van der Waals surface area contributed by atoms with E-state index < -0.39 is 66.0 Å². The van der Waals surface area contributed by atoms with E-state index in [-0.39, 0.29) is 6.92 Å². The van der Waals surface area contributed by atoms with Gasteiger partial charge in [-0.05, 0) is 13.8 Å². The molecule has 0 aromatic heterocycles. The number of rotatable bonds is 0. The van der Waals surface area contributed by atoms with Crippen LogP contribution < -0.4 is 0 Å². The van der Waals surface area contributed by atoms with Crippen molar-refractivity contribution in [2.45, 2.75) is 69.8 Å². The lowest BCUT2D eigenvalue weighted by atomic mass is 9.81. The van der Waals surface area contributed by atoms with Gasteiger partial charge in [0, 0.05) is 18.3 Å². The Balaban J connectivity index is 0.000000283. The molecule has 4 unspecified atom stereocenters. The molecule has 0 amide bonds. The SMILES string of the molecule is CC1CC(F)(F)C(C)(C(F)(F)F)C1(F)F.CC1COC(C)(C(F)(F)F)C1(F)F. The molecule has 1 saturated carbocycles. The fraction of sp³-hybridized carbons (Fsp3) is 1.00. The third kappa shape index (κ3) is 3.24. The first-order chi connectivity index (χ1) is 12.0. The van der Waals surface area contributed by atoms with Crippen LogP contribution in [0.25, 0.3) is 0 Å². The molecule has 1 heterocycles. The summed E-state index contributed by atoms with van der Waals surface area (Å²) in [6.07, 6.45) is -12.1. The van der Waals surface area contributed by atoms with Crippen molar-refractivity contribution in [1.82, 2.24) is 0 Å². The van der Waals surface area contributed by atoms with Crippen LogP contribution in [0, 0.1) is 17.3 Å². The van der Waals surface area contributed by atoms with E-state index in [2.05, 4.69) is 4.74 Å². The van der Waals surface area contributed by atoms with E-state index in [1.165, 1.54) is 0 Å². The molecule has 0 radical (unpaired) electrons. The first-order valence-corrected chi connectivity index (χ1v) is 7.91. The van der Waals surface area contributed by atoms with Gasteiger partial charge in [0.25, 0.3) is 17.8 Å². The van der Waals surface area contributed by atoms with Crippen LogP contribution in [0.2, 0.25) is 0 Å². The summed E-state index contributed by atoms with van der Waals surface area (Å²) in [4.78, 5) is 0. The summed E-state index contributed by atoms with van der Waals surface area (Å²) in [5, 5.41) is 0. The highest BCUT2D eigenvalue weighted by Gasteiger charge is 2.83. The van der Waals surface area contributed by atoms with E-state index >= 15 is 0 Å². The number of hydrogen-bond donors (Lipinski definition) is 0. The molecule has 0 aromatic rings. The summed E-state index contributed by atoms with van der Waals surface area (Å²) in [7, 11) is 0. The molecule has 4 atom stereocenters. The Bertz CT molecular complexity index is 581. The summed E-state index contributed by atoms with van der Waals surface area (Å²) in [5.41, 5.74) is -7.61. The van der Waals surface area contributed by atoms with Crippen LogP contribution in [-0.4, -0.2) is 42.3 Å². The van der Waals surface area contributed by atoms with Gasteiger partial charge in [0.15, 0.2) is 5.41 Å². The second-order valence-electron chi connectivity index (χ2n) is 7.42. The lowest BCUT2D eigenvalue weighted by molar-refractivity contribution is -0.337. The summed E-state index contributed by atoms with van der Waals surface area (Å²) in [6.45, 7) is 1.44. The fourth-order valence-electron chi connectivity index (χ4n) is 3.08. The summed E-state index contributed by atoms with van der Waals surface area (Å²) in [6, 6.07) is 0. The van der Waals surface area contributed by atoms with Gasteiger partial charge in [0.1, 0.15) is 0 Å². The van der Waals surface area contributed by atoms with Crippen molar-refractivity contribution < 1.29 is 57.4 Å². The van der Waals surface area contributed by atoms with E-state index in [0.717, 1.165) is 6.92 Å². The molecule has 1 aliphatic carbocycles. The minimum absolute atomic E-state index is 0.115. The Labute approximate surface area is 152 Å². The summed E-state index contributed by atoms with van der Waals surface area (Å²) >= 11 is 0. The first kappa shape index (κ1) is 25.2. The van der Waals surface area contributed by atoms with Gasteiger partial charge in [-0.15, -0.1) is 0 Å². The van der Waals surface area contributed by atoms with Crippen LogP contribution in [0.15, 0.2) is 0 Å². The molecule has 1 saturated heterocycles. The zero-order valence-electron chi connectivity index (χ0n) is 15.0. The van der Waals surface area contributed by atoms with E-state index in [1.807, 2.05) is 0 Å². The number of halogens is 12. The topological polar surface area (TPSA) is 9.23 Å². The number of ether oxygens (including phenoxy) is 1. The minimum atomic E-state index is -5.63. The van der Waals surface area contributed by atoms with Crippen LogP contribution in [0.5, 0.6) is 0 Å². The van der Waals surface area contributed by atoms with Gasteiger partial charge < -0.3 is 4.74 Å². The standard InChI is InChI=1S/C8H9F7.C7H9F5O/c1-4-3-6(9,10)5(2,7(4,11)12)8(13,14)15;1-4-3-13-5(2,6(4,8)9)7(10,11)12/h4H,3H2,1-2H3;4H,3H2,1-2H3. The van der Waals surface area contributed by atoms with Crippen molar-refractivity contribution in [2.24, 2.45) is 17.3 Å². The number of hydrogen-bond acceptors (Lipinski definition) is 1. The van der Waals surface area contributed by atoms with Crippen molar-refractivity contribution in [3.63, 3.8) is 0 Å². The van der Waals surface area contributed by atoms with Gasteiger partial charge >= 0.3 is 12.4 Å². The third-order valence-corrected chi connectivity index (χ3v) is 5.56. The molecule has 1 nitrogen and oxygen atoms in total. The van der Waals surface area contributed by atoms with Gasteiger partial charge in [0.05, 0.1) is 6.61 Å². The fourth-order valence-corrected chi connectivity index (χ4v) is 3.08. The lowest BCUT2D eigenvalue weighted by Crippen LogP contribution is -2.56. The van der Waals surface area contributed by atoms with E-state index in [9.17, 15) is 52.7 Å². The monoisotopic (exact) mass is 442 g/mol. The largest absolute Gasteiger partial charge is 0.423 e. The Morgan fingerprint density at radius 2 is 1.14 bits per heavy atom. The first-order valence-electron chi connectivity index (χ1n) is 7.91. The zero-order chi connectivity index (χ0) is 22.8. The van der Waals surface area contributed by atoms with Gasteiger partial charge in [0.2, 0.25) is 5.60 Å². The highest BCUT2D eigenvalue weighted by atomic mass is 19.4. The van der Waals surface area contributed by atoms with Crippen molar-refractivity contribution >= 4 is 0 Å². The lowest BCUT2D eigenvalue weighted by Gasteiger charge is -2.37. The quantitative estimate of drug-likeness (QED) is 0.391. The van der Waals surface area contributed by atoms with Gasteiger partial charge in [-0.2, -0.15) is 26.3 Å². The molecule has 2 rings (SSSR count). The van der Waals surface area contributed by atoms with Gasteiger partial charge in [-0.25, -0.2) is 26.3 Å². The molecular weight excluding hydrogens is 424 g/mol. The highest BCUT2D eigenvalue weighted by molar-refractivity contribution is 5.12. The maximum Gasteiger partial charge on any atom is 0.423 e. The minimum Gasteiger partial charge on any atom is -0.360 e. The van der Waals surface area contributed by atoms with E-state index in [0.29, 0.717) is 13.8 Å². The molecule has 168 valence electrons. The Morgan fingerprint density at radius 3 is 1.29 bits per heavy atom. The second kappa shape index (κ2) is 6.56. The zero-order valence-corrected chi connectivity index (χ0v) is 15.0. The smallest absolute Gasteiger partial charge is 0.360 e. The molecule has 0 aromatic carbocycles. The maximum absolute atomic E-state index is 13.2. The molecule has 0 spiro atoms. The Morgan fingerprint density at radius 1 is 0.714 bits per heavy atom. The average molecular weight is 442 g/mol. The van der Waals surface area contributed by atoms with E-state index in [4.69, 9.17) is 0 Å². The summed E-state index contributed by atoms with van der Waals surface area (Å²) in [5.74, 6) is -16.1. The van der Waals surface area contributed by atoms with Gasteiger partial charge in [-0.3, -0.25) is 0 Å². The van der Waals surface area contributed by atoms with Crippen molar-refractivity contribution in [1.29, 1.82) is 0 Å². The molecule has 2 aliphatic rings. The predicted molar refractivity (Wildman–Crippen MR) is 72.4 cm³/mol. The molecule has 0 N–H and O–H groups in total. The Kier molecular flexibility index (Phi) is 5.90. The molecular formula is C15H18F12O. The van der Waals surface area contributed by atoms with Crippen molar-refractivity contribution in [2.75, 3.05) is 6.61 Å². The van der Waals surface area contributed by atoms with Crippen molar-refractivity contribution in [3.8, 4) is 0 Å². The predicted octanol–water partition coefficient (Wildman–Crippen LogP) is 6.47. The summed E-state index contributed by atoms with van der Waals surface area (Å²) < 4.78 is 156. The molecule has 0 bridgehead atoms. The highest BCUT2D eigenvalue weighted by Crippen LogP contribution is 2.67. The van der Waals surface area contributed by atoms with Crippen LogP contribution in [0.1, 0.15) is 34.1 Å². The second-order valence-corrected chi connectivity index (χ2v) is 7.42. The van der Waals surface area contributed by atoms with E-state index in [1.54, 1.807) is 0 Å². The van der Waals surface area contributed by atoms with Crippen LogP contribution in [0.4, 0.5) is 52.7 Å². The number of alkyl halides is 12. The maximum atomic E-state index is 13.2. The third-order valence-electron chi connectivity index (χ3n) is 5.56. The van der Waals surface area contributed by atoms with Crippen LogP contribution in [0.3, 0.4) is 0 Å². The van der Waals surface area contributed by atoms with Gasteiger partial charge in [-0.1, -0.05) is 13.8 Å².